The van der Waals surface area contributed by atoms with Gasteiger partial charge in [-0.05, 0) is 31.2 Å². The number of ether oxygens (including phenoxy) is 1. The van der Waals surface area contributed by atoms with E-state index < -0.39 is 10.0 Å². The summed E-state index contributed by atoms with van der Waals surface area (Å²) in [5, 5.41) is 17.4. The maximum absolute atomic E-state index is 12.4. The summed E-state index contributed by atoms with van der Waals surface area (Å²) in [5.74, 6) is 0.642. The fourth-order valence-electron chi connectivity index (χ4n) is 2.89. The Morgan fingerprint density at radius 1 is 1.46 bits per heavy atom. The number of likely N-dealkylation sites (N-methyl/N-ethyl adjacent to an activating group) is 1. The lowest BCUT2D eigenvalue weighted by molar-refractivity contribution is 0.131. The van der Waals surface area contributed by atoms with Gasteiger partial charge in [0.2, 0.25) is 0 Å². The Labute approximate surface area is 188 Å². The average molecular weight is 546 g/mol. The van der Waals surface area contributed by atoms with Crippen LogP contribution in [0.1, 0.15) is 19.8 Å². The zero-order valence-corrected chi connectivity index (χ0v) is 20.4. The molecular formula is C17H31IN4O4S2. The van der Waals surface area contributed by atoms with Crippen LogP contribution in [0, 0.1) is 5.41 Å². The second-order valence-corrected chi connectivity index (χ2v) is 9.88. The number of aliphatic hydroxyl groups excluding tert-OH is 1. The van der Waals surface area contributed by atoms with E-state index in [2.05, 4.69) is 15.6 Å². The first-order valence-electron chi connectivity index (χ1n) is 9.14. The SMILES string of the molecule is CCNC(=NCC1(CCO)CCOC1)NCCN(C)S(=O)(=O)c1cccs1.I. The summed E-state index contributed by atoms with van der Waals surface area (Å²) in [4.78, 5) is 4.63. The van der Waals surface area contributed by atoms with E-state index in [1.165, 1.54) is 15.6 Å². The van der Waals surface area contributed by atoms with Crippen molar-refractivity contribution in [3.05, 3.63) is 17.5 Å². The number of hydrogen-bond donors (Lipinski definition) is 3. The van der Waals surface area contributed by atoms with Crippen molar-refractivity contribution in [2.24, 2.45) is 10.4 Å². The lowest BCUT2D eigenvalue weighted by Gasteiger charge is -2.25. The van der Waals surface area contributed by atoms with Crippen LogP contribution in [0.2, 0.25) is 0 Å². The molecule has 0 radical (unpaired) electrons. The van der Waals surface area contributed by atoms with Gasteiger partial charge in [-0.25, -0.2) is 8.42 Å². The maximum atomic E-state index is 12.4. The zero-order chi connectivity index (χ0) is 19.8. The number of hydrogen-bond acceptors (Lipinski definition) is 6. The first-order valence-corrected chi connectivity index (χ1v) is 11.5. The van der Waals surface area contributed by atoms with Crippen LogP contribution in [0.3, 0.4) is 0 Å². The first kappa shape index (κ1) is 25.6. The molecule has 0 spiro atoms. The van der Waals surface area contributed by atoms with Crippen molar-refractivity contribution in [3.8, 4) is 0 Å². The van der Waals surface area contributed by atoms with Crippen molar-refractivity contribution in [2.45, 2.75) is 24.0 Å². The lowest BCUT2D eigenvalue weighted by Crippen LogP contribution is -2.42. The van der Waals surface area contributed by atoms with Crippen LogP contribution >= 0.6 is 35.3 Å². The van der Waals surface area contributed by atoms with Crippen molar-refractivity contribution in [3.63, 3.8) is 0 Å². The summed E-state index contributed by atoms with van der Waals surface area (Å²) < 4.78 is 32.1. The van der Waals surface area contributed by atoms with Crippen molar-refractivity contribution in [1.82, 2.24) is 14.9 Å². The van der Waals surface area contributed by atoms with Gasteiger partial charge in [0.25, 0.3) is 10.0 Å². The normalized spacial score (nSPS) is 20.2. The highest BCUT2D eigenvalue weighted by Crippen LogP contribution is 2.32. The van der Waals surface area contributed by atoms with Gasteiger partial charge >= 0.3 is 0 Å². The number of aliphatic hydroxyl groups is 1. The largest absolute Gasteiger partial charge is 0.396 e. The Morgan fingerprint density at radius 3 is 2.82 bits per heavy atom. The standard InChI is InChI=1S/C17H30N4O4S2.HI/c1-3-18-16(20-13-17(6-10-22)7-11-25-14-17)19-8-9-21(2)27(23,24)15-5-4-12-26-15;/h4-5,12,22H,3,6-11,13-14H2,1-2H3,(H2,18,19,20);1H. The molecule has 3 N–H and O–H groups in total. The molecule has 11 heteroatoms. The molecule has 1 atom stereocenters. The van der Waals surface area contributed by atoms with Gasteiger partial charge in [0.1, 0.15) is 4.21 Å². The van der Waals surface area contributed by atoms with Crippen molar-refractivity contribution in [2.75, 3.05) is 53.0 Å². The van der Waals surface area contributed by atoms with Crippen LogP contribution in [0.5, 0.6) is 0 Å². The summed E-state index contributed by atoms with van der Waals surface area (Å²) in [6.07, 6.45) is 1.55. The van der Waals surface area contributed by atoms with Gasteiger partial charge in [0.05, 0.1) is 13.2 Å². The Kier molecular flexibility index (Phi) is 11.2. The number of guanidine groups is 1. The second-order valence-electron chi connectivity index (χ2n) is 6.66. The minimum Gasteiger partial charge on any atom is -0.396 e. The van der Waals surface area contributed by atoms with Crippen LogP contribution in [-0.2, 0) is 14.8 Å². The number of rotatable bonds is 10. The van der Waals surface area contributed by atoms with Crippen LogP contribution in [0.25, 0.3) is 0 Å². The van der Waals surface area contributed by atoms with Gasteiger partial charge in [-0.3, -0.25) is 4.99 Å². The third-order valence-corrected chi connectivity index (χ3v) is 7.85. The quantitative estimate of drug-likeness (QED) is 0.233. The van der Waals surface area contributed by atoms with Crippen molar-refractivity contribution >= 4 is 51.3 Å². The molecule has 1 unspecified atom stereocenters. The number of halogens is 1. The van der Waals surface area contributed by atoms with Gasteiger partial charge in [-0.15, -0.1) is 35.3 Å². The van der Waals surface area contributed by atoms with Gasteiger partial charge in [0, 0.05) is 45.3 Å². The molecule has 0 bridgehead atoms. The highest BCUT2D eigenvalue weighted by molar-refractivity contribution is 14.0. The van der Waals surface area contributed by atoms with Crippen LogP contribution in [-0.4, -0.2) is 76.8 Å². The molecule has 28 heavy (non-hydrogen) atoms. The zero-order valence-electron chi connectivity index (χ0n) is 16.4. The number of nitrogens with one attached hydrogen (secondary N) is 2. The molecule has 0 aliphatic carbocycles. The molecule has 1 aromatic heterocycles. The fourth-order valence-corrected chi connectivity index (χ4v) is 5.26. The smallest absolute Gasteiger partial charge is 0.252 e. The van der Waals surface area contributed by atoms with Crippen LogP contribution < -0.4 is 10.6 Å². The second kappa shape index (κ2) is 12.3. The topological polar surface area (TPSA) is 103 Å². The molecule has 0 aromatic carbocycles. The summed E-state index contributed by atoms with van der Waals surface area (Å²) in [6, 6.07) is 3.34. The first-order chi connectivity index (χ1) is 12.9. The summed E-state index contributed by atoms with van der Waals surface area (Å²) >= 11 is 1.21. The predicted octanol–water partition coefficient (Wildman–Crippen LogP) is 1.33. The van der Waals surface area contributed by atoms with Gasteiger partial charge in [0.15, 0.2) is 5.96 Å². The molecule has 8 nitrogen and oxygen atoms in total. The number of thiophene rings is 1. The number of sulfonamides is 1. The van der Waals surface area contributed by atoms with E-state index >= 15 is 0 Å². The molecule has 1 aliphatic rings. The molecule has 0 saturated carbocycles. The van der Waals surface area contributed by atoms with Crippen LogP contribution in [0.15, 0.2) is 26.7 Å². The number of aliphatic imine (C=N–C) groups is 1. The van der Waals surface area contributed by atoms with Crippen molar-refractivity contribution in [1.29, 1.82) is 0 Å². The monoisotopic (exact) mass is 546 g/mol. The maximum Gasteiger partial charge on any atom is 0.252 e. The van der Waals surface area contributed by atoms with E-state index in [1.807, 2.05) is 6.92 Å². The molecule has 1 saturated heterocycles. The minimum atomic E-state index is -3.44. The third kappa shape index (κ3) is 7.10. The Hall–Kier alpha value is -0.470. The molecule has 0 amide bonds. The average Bonchev–Trinajstić information content (AvgIpc) is 3.32. The van der Waals surface area contributed by atoms with E-state index in [-0.39, 0.29) is 36.0 Å². The fraction of sp³-hybridized carbons (Fsp3) is 0.706. The predicted molar refractivity (Wildman–Crippen MR) is 123 cm³/mol. The van der Waals surface area contributed by atoms with E-state index in [0.717, 1.165) is 6.42 Å². The molecule has 1 aromatic rings. The summed E-state index contributed by atoms with van der Waals surface area (Å²) in [7, 11) is -1.86. The van der Waals surface area contributed by atoms with Gasteiger partial charge in [-0.2, -0.15) is 4.31 Å². The van der Waals surface area contributed by atoms with Gasteiger partial charge in [-0.1, -0.05) is 6.07 Å². The van der Waals surface area contributed by atoms with E-state index in [1.54, 1.807) is 24.6 Å². The lowest BCUT2D eigenvalue weighted by atomic mass is 9.84. The summed E-state index contributed by atoms with van der Waals surface area (Å²) in [6.45, 7) is 5.45. The third-order valence-electron chi connectivity index (χ3n) is 4.62. The van der Waals surface area contributed by atoms with E-state index in [4.69, 9.17) is 4.74 Å². The Balaban J connectivity index is 0.00000392. The molecule has 1 aliphatic heterocycles. The minimum absolute atomic E-state index is 0. The highest BCUT2D eigenvalue weighted by atomic mass is 127. The van der Waals surface area contributed by atoms with E-state index in [0.29, 0.717) is 56.0 Å². The number of nitrogens with zero attached hydrogens (tertiary/aromatic N) is 2. The van der Waals surface area contributed by atoms with Gasteiger partial charge < -0.3 is 20.5 Å². The summed E-state index contributed by atoms with van der Waals surface area (Å²) in [5.41, 5.74) is -0.115. The Morgan fingerprint density at radius 2 is 2.25 bits per heavy atom. The van der Waals surface area contributed by atoms with Crippen LogP contribution in [0.4, 0.5) is 0 Å². The molecule has 2 heterocycles. The molecule has 2 rings (SSSR count). The Bertz CT molecular complexity index is 692. The highest BCUT2D eigenvalue weighted by Gasteiger charge is 2.34. The van der Waals surface area contributed by atoms with E-state index in [9.17, 15) is 13.5 Å². The molecule has 162 valence electrons. The molecule has 1 fully saturated rings. The molecular weight excluding hydrogens is 515 g/mol. The van der Waals surface area contributed by atoms with Crippen molar-refractivity contribution < 1.29 is 18.3 Å².